The molecule has 0 unspecified atom stereocenters. The topological polar surface area (TPSA) is 83.5 Å². The van der Waals surface area contributed by atoms with Gasteiger partial charge in [0.25, 0.3) is 5.56 Å². The molecule has 0 aliphatic heterocycles. The Morgan fingerprint density at radius 1 is 1.06 bits per heavy atom. The van der Waals surface area contributed by atoms with Gasteiger partial charge in [0.05, 0.1) is 17.4 Å². The van der Waals surface area contributed by atoms with Crippen molar-refractivity contribution >= 4 is 11.0 Å². The lowest BCUT2D eigenvalue weighted by molar-refractivity contribution is 0.901. The Hall–Kier alpha value is -2.63. The highest BCUT2D eigenvalue weighted by atomic mass is 16.2. The number of aromatic nitrogens is 4. The first-order valence-electron chi connectivity index (χ1n) is 5.01. The van der Waals surface area contributed by atoms with Crippen molar-refractivity contribution in [3.63, 3.8) is 0 Å². The Kier molecular flexibility index (Phi) is 1.94. The van der Waals surface area contributed by atoms with Crippen LogP contribution in [0.25, 0.3) is 16.7 Å². The average Bonchev–Trinajstić information content (AvgIpc) is 2.74. The lowest BCUT2D eigenvalue weighted by Gasteiger charge is -2.01. The van der Waals surface area contributed by atoms with Gasteiger partial charge < -0.3 is 4.98 Å². The van der Waals surface area contributed by atoms with Gasteiger partial charge in [-0.25, -0.2) is 9.48 Å². The summed E-state index contributed by atoms with van der Waals surface area (Å²) < 4.78 is 1.49. The Labute approximate surface area is 94.5 Å². The van der Waals surface area contributed by atoms with Crippen molar-refractivity contribution in [3.8, 4) is 5.69 Å². The molecule has 0 bridgehead atoms. The van der Waals surface area contributed by atoms with Crippen molar-refractivity contribution in [3.05, 3.63) is 57.4 Å². The molecule has 3 aromatic rings. The Bertz CT molecular complexity index is 782. The lowest BCUT2D eigenvalue weighted by atomic mass is 10.3. The summed E-state index contributed by atoms with van der Waals surface area (Å²) in [7, 11) is 0. The summed E-state index contributed by atoms with van der Waals surface area (Å²) in [6, 6.07) is 9.24. The van der Waals surface area contributed by atoms with Crippen LogP contribution < -0.4 is 11.2 Å². The zero-order valence-corrected chi connectivity index (χ0v) is 8.68. The highest BCUT2D eigenvalue weighted by Gasteiger charge is 2.09. The van der Waals surface area contributed by atoms with Crippen molar-refractivity contribution < 1.29 is 0 Å². The fraction of sp³-hybridized carbons (Fsp3) is 0. The first-order valence-corrected chi connectivity index (χ1v) is 5.01. The zero-order chi connectivity index (χ0) is 11.8. The third kappa shape index (κ3) is 1.46. The largest absolute Gasteiger partial charge is 0.326 e. The third-order valence-corrected chi connectivity index (χ3v) is 2.46. The number of H-pyrrole nitrogens is 2. The Balaban J connectivity index is 2.40. The van der Waals surface area contributed by atoms with Crippen LogP contribution in [0.15, 0.2) is 46.1 Å². The average molecular weight is 228 g/mol. The number of rotatable bonds is 1. The number of nitrogens with zero attached hydrogens (tertiary/aromatic N) is 2. The minimum atomic E-state index is -0.532. The van der Waals surface area contributed by atoms with Crippen LogP contribution in [-0.2, 0) is 0 Å². The van der Waals surface area contributed by atoms with Gasteiger partial charge in [0.1, 0.15) is 0 Å². The molecule has 2 aromatic heterocycles. The summed E-state index contributed by atoms with van der Waals surface area (Å²) in [6.07, 6.45) is 1.46. The van der Waals surface area contributed by atoms with Gasteiger partial charge in [-0.1, -0.05) is 18.2 Å². The van der Waals surface area contributed by atoms with Gasteiger partial charge in [0, 0.05) is 0 Å². The SMILES string of the molecule is O=c1[nH]c(=O)c2c(cnn2-c2ccccc2)[nH]1. The molecule has 0 amide bonds. The molecular formula is C11H8N4O2. The predicted molar refractivity (Wildman–Crippen MR) is 62.3 cm³/mol. The smallest absolute Gasteiger partial charge is 0.304 e. The number of benzene rings is 1. The minimum absolute atomic E-state index is 0.329. The lowest BCUT2D eigenvalue weighted by Crippen LogP contribution is -2.23. The highest BCUT2D eigenvalue weighted by molar-refractivity contribution is 5.74. The third-order valence-electron chi connectivity index (χ3n) is 2.46. The second kappa shape index (κ2) is 3.44. The first kappa shape index (κ1) is 9.59. The summed E-state index contributed by atoms with van der Waals surface area (Å²) in [5.41, 5.74) is 0.527. The highest BCUT2D eigenvalue weighted by Crippen LogP contribution is 2.11. The molecule has 0 saturated heterocycles. The number of nitrogens with one attached hydrogen (secondary N) is 2. The van der Waals surface area contributed by atoms with Crippen LogP contribution in [0, 0.1) is 0 Å². The minimum Gasteiger partial charge on any atom is -0.304 e. The normalized spacial score (nSPS) is 10.8. The molecule has 0 spiro atoms. The van der Waals surface area contributed by atoms with E-state index in [4.69, 9.17) is 0 Å². The zero-order valence-electron chi connectivity index (χ0n) is 8.68. The number of hydrogen-bond acceptors (Lipinski definition) is 3. The van der Waals surface area contributed by atoms with E-state index in [1.807, 2.05) is 30.3 Å². The fourth-order valence-corrected chi connectivity index (χ4v) is 1.74. The van der Waals surface area contributed by atoms with E-state index in [9.17, 15) is 9.59 Å². The van der Waals surface area contributed by atoms with E-state index in [2.05, 4.69) is 15.1 Å². The molecule has 6 nitrogen and oxygen atoms in total. The molecule has 0 saturated carbocycles. The molecule has 0 atom stereocenters. The number of hydrogen-bond donors (Lipinski definition) is 2. The van der Waals surface area contributed by atoms with E-state index in [-0.39, 0.29) is 0 Å². The van der Waals surface area contributed by atoms with Crippen molar-refractivity contribution in [2.75, 3.05) is 0 Å². The monoisotopic (exact) mass is 228 g/mol. The van der Waals surface area contributed by atoms with Gasteiger partial charge >= 0.3 is 5.69 Å². The van der Waals surface area contributed by atoms with Crippen LogP contribution in [-0.4, -0.2) is 19.7 Å². The van der Waals surface area contributed by atoms with Gasteiger partial charge in [0.2, 0.25) is 0 Å². The molecule has 0 aliphatic carbocycles. The Morgan fingerprint density at radius 3 is 2.59 bits per heavy atom. The van der Waals surface area contributed by atoms with Crippen molar-refractivity contribution in [1.29, 1.82) is 0 Å². The fourth-order valence-electron chi connectivity index (χ4n) is 1.74. The van der Waals surface area contributed by atoms with Gasteiger partial charge in [-0.2, -0.15) is 5.10 Å². The molecular weight excluding hydrogens is 220 g/mol. The molecule has 2 N–H and O–H groups in total. The first-order chi connectivity index (χ1) is 8.25. The van der Waals surface area contributed by atoms with Crippen molar-refractivity contribution in [1.82, 2.24) is 19.7 Å². The van der Waals surface area contributed by atoms with Crippen LogP contribution in [0.5, 0.6) is 0 Å². The van der Waals surface area contributed by atoms with E-state index in [1.165, 1.54) is 10.9 Å². The molecule has 0 aliphatic rings. The van der Waals surface area contributed by atoms with Gasteiger partial charge in [-0.3, -0.25) is 9.78 Å². The second-order valence-corrected chi connectivity index (χ2v) is 3.56. The van der Waals surface area contributed by atoms with Crippen molar-refractivity contribution in [2.45, 2.75) is 0 Å². The molecule has 17 heavy (non-hydrogen) atoms. The van der Waals surface area contributed by atoms with Gasteiger partial charge in [-0.15, -0.1) is 0 Å². The summed E-state index contributed by atoms with van der Waals surface area (Å²) in [4.78, 5) is 27.5. The Morgan fingerprint density at radius 2 is 1.82 bits per heavy atom. The van der Waals surface area contributed by atoms with Crippen LogP contribution in [0.3, 0.4) is 0 Å². The van der Waals surface area contributed by atoms with Crippen LogP contribution >= 0.6 is 0 Å². The van der Waals surface area contributed by atoms with E-state index in [1.54, 1.807) is 0 Å². The molecule has 84 valence electrons. The van der Waals surface area contributed by atoms with Crippen LogP contribution in [0.1, 0.15) is 0 Å². The maximum atomic E-state index is 11.7. The summed E-state index contributed by atoms with van der Waals surface area (Å²) in [5, 5.41) is 4.09. The summed E-state index contributed by atoms with van der Waals surface area (Å²) in [6.45, 7) is 0. The maximum Gasteiger partial charge on any atom is 0.326 e. The number of aromatic amines is 2. The summed E-state index contributed by atoms with van der Waals surface area (Å²) in [5.74, 6) is 0. The van der Waals surface area contributed by atoms with Gasteiger partial charge in [-0.05, 0) is 12.1 Å². The predicted octanol–water partition coefficient (Wildman–Crippen LogP) is 0.402. The molecule has 6 heteroatoms. The van der Waals surface area contributed by atoms with Gasteiger partial charge in [0.15, 0.2) is 5.52 Å². The number of para-hydroxylation sites is 1. The molecule has 1 aromatic carbocycles. The van der Waals surface area contributed by atoms with E-state index in [0.717, 1.165) is 5.69 Å². The van der Waals surface area contributed by atoms with Crippen LogP contribution in [0.2, 0.25) is 0 Å². The molecule has 0 fully saturated rings. The van der Waals surface area contributed by atoms with E-state index >= 15 is 0 Å². The molecule has 2 heterocycles. The van der Waals surface area contributed by atoms with E-state index < -0.39 is 11.2 Å². The van der Waals surface area contributed by atoms with Crippen molar-refractivity contribution in [2.24, 2.45) is 0 Å². The summed E-state index contributed by atoms with van der Waals surface area (Å²) >= 11 is 0. The molecule has 3 rings (SSSR count). The van der Waals surface area contributed by atoms with Crippen LogP contribution in [0.4, 0.5) is 0 Å². The maximum absolute atomic E-state index is 11.7. The van der Waals surface area contributed by atoms with E-state index in [0.29, 0.717) is 11.0 Å². The standard InChI is InChI=1S/C11H8N4O2/c16-10-9-8(13-11(17)14-10)6-12-15(9)7-4-2-1-3-5-7/h1-6H,(H2,13,14,16,17). The molecule has 0 radical (unpaired) electrons. The quantitative estimate of drug-likeness (QED) is 0.632. The second-order valence-electron chi connectivity index (χ2n) is 3.56. The number of fused-ring (bicyclic) bond motifs is 1.